The average Bonchev–Trinajstić information content (AvgIpc) is 2.37. The summed E-state index contributed by atoms with van der Waals surface area (Å²) in [6, 6.07) is 3.30. The molecule has 5 heteroatoms. The van der Waals surface area contributed by atoms with E-state index in [4.69, 9.17) is 16.3 Å². The molecule has 1 amide bonds. The van der Waals surface area contributed by atoms with Crippen molar-refractivity contribution < 1.29 is 19.4 Å². The van der Waals surface area contributed by atoms with E-state index >= 15 is 0 Å². The number of carboxylic acids is 1. The van der Waals surface area contributed by atoms with E-state index in [1.165, 1.54) is 4.90 Å². The van der Waals surface area contributed by atoms with Crippen LogP contribution in [0.1, 0.15) is 37.5 Å². The van der Waals surface area contributed by atoms with Gasteiger partial charge in [0.15, 0.2) is 0 Å². The zero-order chi connectivity index (χ0) is 17.1. The van der Waals surface area contributed by atoms with Gasteiger partial charge in [-0.05, 0) is 51.0 Å². The van der Waals surface area contributed by atoms with Crippen LogP contribution in [0.3, 0.4) is 0 Å². The summed E-state index contributed by atoms with van der Waals surface area (Å²) in [5.41, 5.74) is 1.75. The minimum Gasteiger partial charge on any atom is -0.481 e. The third-order valence-electron chi connectivity index (χ3n) is 2.98. The van der Waals surface area contributed by atoms with E-state index in [2.05, 4.69) is 5.92 Å². The maximum atomic E-state index is 12.2. The van der Waals surface area contributed by atoms with Crippen molar-refractivity contribution in [2.45, 2.75) is 39.7 Å². The molecule has 0 aliphatic rings. The van der Waals surface area contributed by atoms with E-state index in [-0.39, 0.29) is 6.42 Å². The van der Waals surface area contributed by atoms with Gasteiger partial charge in [0.1, 0.15) is 5.60 Å². The monoisotopic (exact) mass is 303 g/mol. The fourth-order valence-electron chi connectivity index (χ4n) is 1.96. The Labute approximate surface area is 130 Å². The number of benzene rings is 1. The number of hydrogen-bond donors (Lipinski definition) is 1. The van der Waals surface area contributed by atoms with Crippen LogP contribution in [0.25, 0.3) is 0 Å². The Morgan fingerprint density at radius 3 is 2.41 bits per heavy atom. The first-order valence-electron chi connectivity index (χ1n) is 6.84. The Morgan fingerprint density at radius 2 is 1.95 bits per heavy atom. The molecule has 0 saturated carbocycles. The molecular weight excluding hydrogens is 282 g/mol. The molecule has 1 N–H and O–H groups in total. The van der Waals surface area contributed by atoms with Gasteiger partial charge in [-0.25, -0.2) is 4.79 Å². The maximum Gasteiger partial charge on any atom is 0.414 e. The first-order chi connectivity index (χ1) is 10.0. The van der Waals surface area contributed by atoms with Crippen molar-refractivity contribution in [2.75, 3.05) is 11.9 Å². The highest BCUT2D eigenvalue weighted by Gasteiger charge is 2.22. The van der Waals surface area contributed by atoms with Crippen LogP contribution < -0.4 is 4.90 Å². The van der Waals surface area contributed by atoms with Gasteiger partial charge in [-0.3, -0.25) is 9.69 Å². The molecule has 5 nitrogen and oxygen atoms in total. The Bertz CT molecular complexity index is 635. The van der Waals surface area contributed by atoms with Crippen molar-refractivity contribution >= 4 is 17.7 Å². The number of rotatable bonds is 3. The van der Waals surface area contributed by atoms with Gasteiger partial charge in [0, 0.05) is 12.6 Å². The molecule has 0 aliphatic carbocycles. The first kappa shape index (κ1) is 17.6. The van der Waals surface area contributed by atoms with Crippen molar-refractivity contribution in [3.05, 3.63) is 28.8 Å². The lowest BCUT2D eigenvalue weighted by atomic mass is 10.0. The van der Waals surface area contributed by atoms with Crippen molar-refractivity contribution in [1.82, 2.24) is 0 Å². The molecule has 1 rings (SSSR count). The summed E-state index contributed by atoms with van der Waals surface area (Å²) in [5, 5.41) is 8.93. The molecule has 0 bridgehead atoms. The van der Waals surface area contributed by atoms with Crippen LogP contribution in [0.15, 0.2) is 12.1 Å². The highest BCUT2D eigenvalue weighted by atomic mass is 16.6. The fourth-order valence-corrected chi connectivity index (χ4v) is 1.96. The Kier molecular flexibility index (Phi) is 5.21. The first-order valence-corrected chi connectivity index (χ1v) is 6.84. The van der Waals surface area contributed by atoms with Gasteiger partial charge >= 0.3 is 12.1 Å². The number of nitrogens with zero attached hydrogens (tertiary/aromatic N) is 1. The van der Waals surface area contributed by atoms with Gasteiger partial charge in [0.05, 0.1) is 12.1 Å². The van der Waals surface area contributed by atoms with Gasteiger partial charge in [-0.15, -0.1) is 6.42 Å². The molecule has 118 valence electrons. The molecular formula is C17H21NO4. The molecule has 1 aromatic carbocycles. The van der Waals surface area contributed by atoms with Crippen molar-refractivity contribution in [2.24, 2.45) is 0 Å². The van der Waals surface area contributed by atoms with Crippen molar-refractivity contribution in [1.29, 1.82) is 0 Å². The standard InChI is InChI=1S/C17H21NO4/c1-7-13-8-12(10-15(19)20)9-14(11(13)2)18(6)16(21)22-17(3,4)5/h1,8-9H,10H2,2-6H3,(H,19,20). The summed E-state index contributed by atoms with van der Waals surface area (Å²) >= 11 is 0. The van der Waals surface area contributed by atoms with Crippen LogP contribution in [0.2, 0.25) is 0 Å². The molecule has 0 radical (unpaired) electrons. The minimum atomic E-state index is -0.960. The van der Waals surface area contributed by atoms with E-state index in [0.29, 0.717) is 16.8 Å². The minimum absolute atomic E-state index is 0.163. The molecule has 0 saturated heterocycles. The molecule has 0 aromatic heterocycles. The zero-order valence-electron chi connectivity index (χ0n) is 13.6. The lowest BCUT2D eigenvalue weighted by Gasteiger charge is -2.26. The second-order valence-corrected chi connectivity index (χ2v) is 6.04. The molecule has 22 heavy (non-hydrogen) atoms. The maximum absolute atomic E-state index is 12.2. The molecule has 0 heterocycles. The van der Waals surface area contributed by atoms with Crippen LogP contribution in [0, 0.1) is 19.3 Å². The largest absolute Gasteiger partial charge is 0.481 e. The SMILES string of the molecule is C#Cc1cc(CC(=O)O)cc(N(C)C(=O)OC(C)(C)C)c1C. The summed E-state index contributed by atoms with van der Waals surface area (Å²) in [4.78, 5) is 24.4. The molecule has 0 spiro atoms. The number of hydrogen-bond acceptors (Lipinski definition) is 3. The molecule has 0 unspecified atom stereocenters. The van der Waals surface area contributed by atoms with Gasteiger partial charge in [-0.1, -0.05) is 5.92 Å². The smallest absolute Gasteiger partial charge is 0.414 e. The number of terminal acetylenes is 1. The zero-order valence-corrected chi connectivity index (χ0v) is 13.6. The van der Waals surface area contributed by atoms with Gasteiger partial charge < -0.3 is 9.84 Å². The van der Waals surface area contributed by atoms with Crippen LogP contribution in [0.5, 0.6) is 0 Å². The predicted molar refractivity (Wildman–Crippen MR) is 85.1 cm³/mol. The third kappa shape index (κ3) is 4.52. The number of carboxylic acid groups (broad SMARTS) is 1. The van der Waals surface area contributed by atoms with E-state index in [1.54, 1.807) is 46.9 Å². The highest BCUT2D eigenvalue weighted by Crippen LogP contribution is 2.26. The lowest BCUT2D eigenvalue weighted by molar-refractivity contribution is -0.136. The summed E-state index contributed by atoms with van der Waals surface area (Å²) in [6.07, 6.45) is 4.78. The number of anilines is 1. The van der Waals surface area contributed by atoms with Crippen molar-refractivity contribution in [3.8, 4) is 12.3 Å². The number of carbonyl (C=O) groups is 2. The molecule has 0 atom stereocenters. The second kappa shape index (κ2) is 6.52. The van der Waals surface area contributed by atoms with Crippen LogP contribution in [0.4, 0.5) is 10.5 Å². The summed E-state index contributed by atoms with van der Waals surface area (Å²) < 4.78 is 5.32. The Morgan fingerprint density at radius 1 is 1.36 bits per heavy atom. The van der Waals surface area contributed by atoms with E-state index in [0.717, 1.165) is 5.56 Å². The average molecular weight is 303 g/mol. The second-order valence-electron chi connectivity index (χ2n) is 6.04. The summed E-state index contributed by atoms with van der Waals surface area (Å²) in [7, 11) is 1.57. The Hall–Kier alpha value is -2.48. The summed E-state index contributed by atoms with van der Waals surface area (Å²) in [5.74, 6) is 1.56. The quantitative estimate of drug-likeness (QED) is 0.872. The van der Waals surface area contributed by atoms with Gasteiger partial charge in [0.25, 0.3) is 0 Å². The van der Waals surface area contributed by atoms with E-state index in [9.17, 15) is 9.59 Å². The van der Waals surface area contributed by atoms with E-state index in [1.807, 2.05) is 0 Å². The number of carbonyl (C=O) groups excluding carboxylic acids is 1. The van der Waals surface area contributed by atoms with Crippen LogP contribution in [-0.2, 0) is 16.0 Å². The van der Waals surface area contributed by atoms with Gasteiger partial charge in [0.2, 0.25) is 0 Å². The molecule has 0 aliphatic heterocycles. The third-order valence-corrected chi connectivity index (χ3v) is 2.98. The van der Waals surface area contributed by atoms with Crippen LogP contribution >= 0.6 is 0 Å². The predicted octanol–water partition coefficient (Wildman–Crippen LogP) is 2.97. The van der Waals surface area contributed by atoms with E-state index < -0.39 is 17.7 Å². The normalized spacial score (nSPS) is 10.7. The number of aliphatic carboxylic acids is 1. The highest BCUT2D eigenvalue weighted by molar-refractivity contribution is 5.89. The lowest BCUT2D eigenvalue weighted by Crippen LogP contribution is -2.34. The molecule has 0 fully saturated rings. The Balaban J connectivity index is 3.24. The number of ether oxygens (including phenoxy) is 1. The van der Waals surface area contributed by atoms with Gasteiger partial charge in [-0.2, -0.15) is 0 Å². The number of amides is 1. The van der Waals surface area contributed by atoms with Crippen LogP contribution in [-0.4, -0.2) is 29.8 Å². The summed E-state index contributed by atoms with van der Waals surface area (Å²) in [6.45, 7) is 7.12. The topological polar surface area (TPSA) is 66.8 Å². The fraction of sp³-hybridized carbons (Fsp3) is 0.412. The van der Waals surface area contributed by atoms with Crippen molar-refractivity contribution in [3.63, 3.8) is 0 Å². The molecule has 1 aromatic rings.